The summed E-state index contributed by atoms with van der Waals surface area (Å²) < 4.78 is 19.8. The molecule has 4 aliphatic heterocycles. The number of benzene rings is 2. The Balaban J connectivity index is 0.747. The molecular weight excluding hydrogens is 924 g/mol. The molecule has 2 aromatic carbocycles. The molecule has 4 aromatic heterocycles. The highest BCUT2D eigenvalue weighted by atomic mass is 19.1. The maximum absolute atomic E-state index is 15.5. The van der Waals surface area contributed by atoms with Crippen molar-refractivity contribution in [3.05, 3.63) is 127 Å². The summed E-state index contributed by atoms with van der Waals surface area (Å²) in [5.41, 5.74) is 4.26. The second-order valence-corrected chi connectivity index (χ2v) is 20.2. The van der Waals surface area contributed by atoms with Gasteiger partial charge in [0.15, 0.2) is 11.6 Å². The van der Waals surface area contributed by atoms with Gasteiger partial charge in [-0.15, -0.1) is 0 Å². The van der Waals surface area contributed by atoms with Crippen LogP contribution < -0.4 is 21.8 Å². The van der Waals surface area contributed by atoms with Crippen LogP contribution in [0.4, 0.5) is 15.9 Å². The minimum absolute atomic E-state index is 0.0239. The quantitative estimate of drug-likeness (QED) is 0.150. The third kappa shape index (κ3) is 9.32. The molecule has 19 nitrogen and oxygen atoms in total. The standard InChI is InChI=1S/C52H57FN12O7/c1-52(2,3)34-21-32-25-55-65(51(72)46(32)40(53)23-34)47-39(30-66)36(12-13-54-47)33-22-41(50(71)59(4)26-33)56-43-24-35-27-62(19-20-64(35)58-43)45(68)29-61-17-15-60(16-18-61)14-6-8-31-7-5-9-37-38(31)28-63(49(37)70)42-10-11-44(67)57-48(42)69/h5,7,9,12-13,21-26,42,66H,6,8,10-11,14-20,27-30H2,1-4H3,(H,56,58)(H,57,67,69). The van der Waals surface area contributed by atoms with E-state index in [1.54, 1.807) is 36.3 Å². The van der Waals surface area contributed by atoms with Crippen molar-refractivity contribution in [3.63, 3.8) is 0 Å². The van der Waals surface area contributed by atoms with Gasteiger partial charge in [0.1, 0.15) is 17.5 Å². The van der Waals surface area contributed by atoms with Gasteiger partial charge in [-0.1, -0.05) is 32.9 Å². The van der Waals surface area contributed by atoms with Gasteiger partial charge in [-0.05, 0) is 83.8 Å². The number of imide groups is 1. The first-order valence-corrected chi connectivity index (χ1v) is 24.4. The van der Waals surface area contributed by atoms with Gasteiger partial charge in [0.25, 0.3) is 17.0 Å². The highest BCUT2D eigenvalue weighted by Gasteiger charge is 2.40. The predicted octanol–water partition coefficient (Wildman–Crippen LogP) is 3.37. The molecule has 1 atom stereocenters. The van der Waals surface area contributed by atoms with Gasteiger partial charge in [-0.3, -0.25) is 43.7 Å². The van der Waals surface area contributed by atoms with Crippen LogP contribution in [0.2, 0.25) is 0 Å². The van der Waals surface area contributed by atoms with E-state index >= 15 is 4.39 Å². The van der Waals surface area contributed by atoms with Gasteiger partial charge >= 0.3 is 0 Å². The van der Waals surface area contributed by atoms with Crippen LogP contribution >= 0.6 is 0 Å². The van der Waals surface area contributed by atoms with Crippen molar-refractivity contribution in [2.75, 3.05) is 51.1 Å². The number of aliphatic hydroxyl groups excluding tert-OH is 1. The third-order valence-corrected chi connectivity index (χ3v) is 14.4. The molecule has 10 rings (SSSR count). The van der Waals surface area contributed by atoms with Crippen LogP contribution in [0.1, 0.15) is 78.3 Å². The lowest BCUT2D eigenvalue weighted by atomic mass is 9.86. The van der Waals surface area contributed by atoms with Crippen LogP contribution in [0.5, 0.6) is 0 Å². The average Bonchev–Trinajstić information content (AvgIpc) is 3.92. The van der Waals surface area contributed by atoms with Crippen LogP contribution in [0.15, 0.2) is 76.7 Å². The molecule has 2 fully saturated rings. The molecule has 0 radical (unpaired) electrons. The van der Waals surface area contributed by atoms with Gasteiger partial charge in [-0.25, -0.2) is 9.37 Å². The molecule has 1 unspecified atom stereocenters. The average molecular weight is 981 g/mol. The molecule has 0 aliphatic carbocycles. The molecule has 3 N–H and O–H groups in total. The summed E-state index contributed by atoms with van der Waals surface area (Å²) in [5.74, 6) is -1.08. The summed E-state index contributed by atoms with van der Waals surface area (Å²) >= 11 is 0. The summed E-state index contributed by atoms with van der Waals surface area (Å²) in [4.78, 5) is 90.9. The lowest BCUT2D eigenvalue weighted by molar-refractivity contribution is -0.137. The number of nitrogens with zero attached hydrogens (tertiary/aromatic N) is 10. The largest absolute Gasteiger partial charge is 0.392 e. The van der Waals surface area contributed by atoms with E-state index in [2.05, 4.69) is 36.6 Å². The fourth-order valence-electron chi connectivity index (χ4n) is 10.4. The van der Waals surface area contributed by atoms with Crippen LogP contribution in [-0.2, 0) is 59.5 Å². The summed E-state index contributed by atoms with van der Waals surface area (Å²) in [6.07, 6.45) is 6.73. The smallest absolute Gasteiger partial charge is 0.283 e. The summed E-state index contributed by atoms with van der Waals surface area (Å²) in [6.45, 7) is 11.4. The van der Waals surface area contributed by atoms with E-state index in [9.17, 15) is 33.9 Å². The number of pyridine rings is 2. The van der Waals surface area contributed by atoms with Crippen LogP contribution in [-0.4, -0.2) is 129 Å². The minimum Gasteiger partial charge on any atom is -0.392 e. The molecular formula is C52H57FN12O7. The number of piperidine rings is 1. The predicted molar refractivity (Wildman–Crippen MR) is 265 cm³/mol. The number of anilines is 2. The maximum Gasteiger partial charge on any atom is 0.283 e. The SMILES string of the molecule is Cn1cc(-c2ccnc(-n3ncc4cc(C(C)(C)C)cc(F)c4c3=O)c2CO)cc(Nc2cc3n(n2)CCN(C(=O)CN2CCN(CCCc4cccc5c4CN(C4CCC(=O)NC4=O)C5=O)CC2)C3)c1=O. The number of nitrogens with one attached hydrogen (secondary N) is 2. The summed E-state index contributed by atoms with van der Waals surface area (Å²) in [6, 6.07) is 13.4. The number of aryl methyl sites for hydroxylation is 2. The summed E-state index contributed by atoms with van der Waals surface area (Å²) in [7, 11) is 1.60. The van der Waals surface area contributed by atoms with Crippen molar-refractivity contribution in [3.8, 4) is 16.9 Å². The molecule has 4 aliphatic rings. The lowest BCUT2D eigenvalue weighted by Crippen LogP contribution is -2.52. The highest BCUT2D eigenvalue weighted by molar-refractivity contribution is 6.05. The van der Waals surface area contributed by atoms with Crippen molar-refractivity contribution in [1.29, 1.82) is 0 Å². The number of hydrogen-bond donors (Lipinski definition) is 3. The number of aliphatic hydroxyl groups is 1. The fourth-order valence-corrected chi connectivity index (χ4v) is 10.4. The van der Waals surface area contributed by atoms with Crippen molar-refractivity contribution in [2.24, 2.45) is 7.05 Å². The summed E-state index contributed by atoms with van der Waals surface area (Å²) in [5, 5.41) is 25.5. The number of carbonyl (C=O) groups excluding carboxylic acids is 4. The number of fused-ring (bicyclic) bond motifs is 3. The number of hydrogen-bond acceptors (Lipinski definition) is 13. The van der Waals surface area contributed by atoms with Crippen molar-refractivity contribution >= 4 is 45.9 Å². The molecule has 72 heavy (non-hydrogen) atoms. The first-order valence-electron chi connectivity index (χ1n) is 24.4. The van der Waals surface area contributed by atoms with E-state index in [4.69, 9.17) is 5.10 Å². The van der Waals surface area contributed by atoms with Gasteiger partial charge in [0.05, 0.1) is 43.5 Å². The monoisotopic (exact) mass is 980 g/mol. The molecule has 0 bridgehead atoms. The van der Waals surface area contributed by atoms with Crippen molar-refractivity contribution < 1.29 is 28.7 Å². The second-order valence-electron chi connectivity index (χ2n) is 20.2. The zero-order valence-corrected chi connectivity index (χ0v) is 40.8. The highest BCUT2D eigenvalue weighted by Crippen LogP contribution is 2.33. The van der Waals surface area contributed by atoms with Gasteiger partial charge in [-0.2, -0.15) is 14.9 Å². The number of piperazine rings is 1. The van der Waals surface area contributed by atoms with Gasteiger partial charge in [0, 0.05) is 93.3 Å². The molecule has 8 heterocycles. The number of amides is 4. The van der Waals surface area contributed by atoms with Crippen LogP contribution in [0.25, 0.3) is 27.7 Å². The van der Waals surface area contributed by atoms with Crippen LogP contribution in [0.3, 0.4) is 0 Å². The first-order chi connectivity index (χ1) is 34.5. The van der Waals surface area contributed by atoms with E-state index in [-0.39, 0.29) is 57.6 Å². The van der Waals surface area contributed by atoms with E-state index in [0.29, 0.717) is 67.0 Å². The normalized spacial score (nSPS) is 17.6. The lowest BCUT2D eigenvalue weighted by Gasteiger charge is -2.36. The van der Waals surface area contributed by atoms with Crippen LogP contribution in [0, 0.1) is 5.82 Å². The van der Waals surface area contributed by atoms with E-state index < -0.39 is 29.9 Å². The fraction of sp³-hybridized carbons (Fsp3) is 0.404. The Hall–Kier alpha value is -7.42. The molecule has 2 saturated heterocycles. The van der Waals surface area contributed by atoms with E-state index in [1.807, 2.05) is 48.6 Å². The minimum atomic E-state index is -0.725. The Labute approximate surface area is 413 Å². The van der Waals surface area contributed by atoms with Crippen molar-refractivity contribution in [1.82, 2.24) is 54.0 Å². The zero-order valence-electron chi connectivity index (χ0n) is 40.8. The van der Waals surface area contributed by atoms with Gasteiger partial charge < -0.3 is 29.7 Å². The zero-order chi connectivity index (χ0) is 50.6. The maximum atomic E-state index is 15.5. The van der Waals surface area contributed by atoms with E-state index in [0.717, 1.165) is 72.6 Å². The van der Waals surface area contributed by atoms with Crippen molar-refractivity contribution in [2.45, 2.75) is 84.2 Å². The molecule has 374 valence electrons. The topological polar surface area (TPSA) is 213 Å². The Morgan fingerprint density at radius 2 is 1.72 bits per heavy atom. The number of carbonyl (C=O) groups is 4. The molecule has 4 amide bonds. The Morgan fingerprint density at radius 1 is 0.931 bits per heavy atom. The Bertz CT molecular complexity index is 3300. The molecule has 0 spiro atoms. The number of aromatic nitrogens is 6. The number of rotatable bonds is 12. The Kier molecular flexibility index (Phi) is 12.9. The molecule has 6 aromatic rings. The molecule has 0 saturated carbocycles. The first kappa shape index (κ1) is 48.2. The Morgan fingerprint density at radius 3 is 2.49 bits per heavy atom. The van der Waals surface area contributed by atoms with E-state index in [1.165, 1.54) is 23.0 Å². The second kappa shape index (κ2) is 19.3. The number of halogens is 1. The third-order valence-electron chi connectivity index (χ3n) is 14.4. The molecule has 20 heteroatoms. The van der Waals surface area contributed by atoms with Gasteiger partial charge in [0.2, 0.25) is 17.7 Å².